The number of hydrogen-bond acceptors (Lipinski definition) is 5. The molecule has 2 unspecified atom stereocenters. The highest BCUT2D eigenvalue weighted by Gasteiger charge is 2.28. The molecule has 0 saturated heterocycles. The molecule has 0 fully saturated rings. The lowest BCUT2D eigenvalue weighted by Crippen LogP contribution is -2.46. The van der Waals surface area contributed by atoms with Gasteiger partial charge in [-0.25, -0.2) is 4.79 Å². The quantitative estimate of drug-likeness (QED) is 0.535. The monoisotopic (exact) mass is 413 g/mol. The highest BCUT2D eigenvalue weighted by molar-refractivity contribution is 7.80. The molecule has 1 amide bonds. The van der Waals surface area contributed by atoms with Crippen molar-refractivity contribution in [1.29, 1.82) is 0 Å². The van der Waals surface area contributed by atoms with Crippen molar-refractivity contribution >= 4 is 45.5 Å². The normalized spacial score (nSPS) is 12.9. The molecule has 1 heterocycles. The number of carbonyl (C=O) groups is 2. The van der Waals surface area contributed by atoms with Crippen LogP contribution in [-0.2, 0) is 4.74 Å². The van der Waals surface area contributed by atoms with Crippen molar-refractivity contribution in [2.75, 3.05) is 26.5 Å². The molecule has 1 N–H and O–H groups in total. The van der Waals surface area contributed by atoms with Crippen LogP contribution in [0.5, 0.6) is 0 Å². The molecule has 1 aromatic heterocycles. The van der Waals surface area contributed by atoms with E-state index in [4.69, 9.17) is 17.0 Å². The van der Waals surface area contributed by atoms with Gasteiger partial charge in [-0.3, -0.25) is 4.79 Å². The number of methoxy groups -OCH3 is 1. The molecule has 6 nitrogen and oxygen atoms in total. The molecule has 0 aliphatic heterocycles. The van der Waals surface area contributed by atoms with Gasteiger partial charge >= 0.3 is 5.97 Å². The van der Waals surface area contributed by atoms with E-state index in [1.807, 2.05) is 0 Å². The zero-order valence-electron chi connectivity index (χ0n) is 17.5. The van der Waals surface area contributed by atoms with Gasteiger partial charge in [0, 0.05) is 26.2 Å². The second kappa shape index (κ2) is 10.0. The summed E-state index contributed by atoms with van der Waals surface area (Å²) in [7, 11) is 4.70. The Kier molecular flexibility index (Phi) is 8.68. The molecule has 152 valence electrons. The fourth-order valence-electron chi connectivity index (χ4n) is 2.75. The van der Waals surface area contributed by atoms with Gasteiger partial charge in [-0.1, -0.05) is 13.8 Å². The number of hydrogen-bond donors (Lipinski definition) is 1. The maximum Gasteiger partial charge on any atom is 0.341 e. The van der Waals surface area contributed by atoms with Crippen molar-refractivity contribution in [3.8, 4) is 0 Å². The number of anilines is 1. The number of carbonyl (C=O) groups excluding carboxylic acids is 2. The Bertz CT molecular complexity index is 691. The summed E-state index contributed by atoms with van der Waals surface area (Å²) >= 11 is 6.90. The zero-order valence-corrected chi connectivity index (χ0v) is 19.1. The highest BCUT2D eigenvalue weighted by Crippen LogP contribution is 2.35. The number of amides is 1. The van der Waals surface area contributed by atoms with Gasteiger partial charge in [-0.05, 0) is 51.4 Å². The van der Waals surface area contributed by atoms with Gasteiger partial charge < -0.3 is 19.9 Å². The average Bonchev–Trinajstić information content (AvgIpc) is 2.95. The van der Waals surface area contributed by atoms with Crippen LogP contribution in [0.1, 0.15) is 66.1 Å². The Balaban J connectivity index is 3.35. The zero-order chi connectivity index (χ0) is 20.9. The summed E-state index contributed by atoms with van der Waals surface area (Å²) in [6, 6.07) is 0.510. The molecule has 1 aromatic rings. The minimum atomic E-state index is -0.481. The van der Waals surface area contributed by atoms with E-state index in [9.17, 15) is 9.59 Å². The second-order valence-electron chi connectivity index (χ2n) is 6.80. The SMILES string of the molecule is CCC(C)N(C(=S)Nc1sc(C(=O)N(C)C)c(C)c1C(=O)OC)C(C)CC. The van der Waals surface area contributed by atoms with Crippen LogP contribution in [-0.4, -0.2) is 60.1 Å². The first-order valence-corrected chi connectivity index (χ1v) is 10.4. The molecule has 0 bridgehead atoms. The molecular weight excluding hydrogens is 382 g/mol. The third kappa shape index (κ3) is 5.19. The number of nitrogens with zero attached hydrogens (tertiary/aromatic N) is 2. The summed E-state index contributed by atoms with van der Waals surface area (Å²) in [4.78, 5) is 29.0. The van der Waals surface area contributed by atoms with Crippen LogP contribution in [0.25, 0.3) is 0 Å². The van der Waals surface area contributed by atoms with E-state index < -0.39 is 5.97 Å². The summed E-state index contributed by atoms with van der Waals surface area (Å²) in [5.41, 5.74) is 0.970. The van der Waals surface area contributed by atoms with Gasteiger partial charge in [-0.15, -0.1) is 11.3 Å². The van der Waals surface area contributed by atoms with Crippen molar-refractivity contribution < 1.29 is 14.3 Å². The first-order valence-electron chi connectivity index (χ1n) is 9.13. The molecule has 0 radical (unpaired) electrons. The Morgan fingerprint density at radius 2 is 1.70 bits per heavy atom. The van der Waals surface area contributed by atoms with Crippen molar-refractivity contribution in [3.05, 3.63) is 16.0 Å². The van der Waals surface area contributed by atoms with E-state index in [0.717, 1.165) is 12.8 Å². The van der Waals surface area contributed by atoms with Gasteiger partial charge in [0.1, 0.15) is 5.00 Å². The van der Waals surface area contributed by atoms with Crippen LogP contribution < -0.4 is 5.32 Å². The Hall–Kier alpha value is -1.67. The first-order chi connectivity index (χ1) is 12.6. The Morgan fingerprint density at radius 1 is 1.19 bits per heavy atom. The van der Waals surface area contributed by atoms with Crippen LogP contribution >= 0.6 is 23.6 Å². The smallest absolute Gasteiger partial charge is 0.341 e. The third-order valence-corrected chi connectivity index (χ3v) is 6.23. The lowest BCUT2D eigenvalue weighted by atomic mass is 10.1. The number of rotatable bonds is 7. The Morgan fingerprint density at radius 3 is 2.11 bits per heavy atom. The maximum absolute atomic E-state index is 12.5. The van der Waals surface area contributed by atoms with E-state index >= 15 is 0 Å². The van der Waals surface area contributed by atoms with Crippen molar-refractivity contribution in [3.63, 3.8) is 0 Å². The summed E-state index contributed by atoms with van der Waals surface area (Å²) in [6.07, 6.45) is 1.90. The molecule has 0 aromatic carbocycles. The summed E-state index contributed by atoms with van der Waals surface area (Å²) in [5.74, 6) is -0.632. The standard InChI is InChI=1S/C19H31N3O3S2/c1-9-11(3)22(12(4)10-2)19(26)20-16-14(18(24)25-8)13(5)15(27-16)17(23)21(6)7/h11-12H,9-10H2,1-8H3,(H,20,26). The predicted octanol–water partition coefficient (Wildman–Crippen LogP) is 4.14. The summed E-state index contributed by atoms with van der Waals surface area (Å²) < 4.78 is 4.94. The van der Waals surface area contributed by atoms with E-state index in [0.29, 0.717) is 26.1 Å². The number of nitrogens with one attached hydrogen (secondary N) is 1. The van der Waals surface area contributed by atoms with Gasteiger partial charge in [0.2, 0.25) is 0 Å². The third-order valence-electron chi connectivity index (χ3n) is 4.72. The number of esters is 1. The molecule has 2 atom stereocenters. The molecule has 0 saturated carbocycles. The molecule has 27 heavy (non-hydrogen) atoms. The number of ether oxygens (including phenoxy) is 1. The van der Waals surface area contributed by atoms with Crippen LogP contribution in [0.4, 0.5) is 5.00 Å². The van der Waals surface area contributed by atoms with Crippen molar-refractivity contribution in [2.24, 2.45) is 0 Å². The molecule has 8 heteroatoms. The topological polar surface area (TPSA) is 61.9 Å². The highest BCUT2D eigenvalue weighted by atomic mass is 32.1. The minimum absolute atomic E-state index is 0.151. The van der Waals surface area contributed by atoms with Crippen LogP contribution in [0.3, 0.4) is 0 Å². The van der Waals surface area contributed by atoms with Crippen molar-refractivity contribution in [2.45, 2.75) is 59.5 Å². The van der Waals surface area contributed by atoms with Crippen LogP contribution in [0.2, 0.25) is 0 Å². The van der Waals surface area contributed by atoms with E-state index in [-0.39, 0.29) is 18.0 Å². The van der Waals surface area contributed by atoms with Crippen molar-refractivity contribution in [1.82, 2.24) is 9.80 Å². The van der Waals surface area contributed by atoms with E-state index in [1.165, 1.54) is 23.3 Å². The van der Waals surface area contributed by atoms with Gasteiger partial charge in [0.05, 0.1) is 17.6 Å². The van der Waals surface area contributed by atoms with E-state index in [2.05, 4.69) is 37.9 Å². The first kappa shape index (κ1) is 23.4. The number of thiocarbonyl (C=S) groups is 1. The number of thiophene rings is 1. The fraction of sp³-hybridized carbons (Fsp3) is 0.632. The Labute approximate surface area is 171 Å². The average molecular weight is 414 g/mol. The molecule has 0 spiro atoms. The van der Waals surface area contributed by atoms with Gasteiger partial charge in [-0.2, -0.15) is 0 Å². The molecule has 0 aliphatic carbocycles. The predicted molar refractivity (Wildman–Crippen MR) is 116 cm³/mol. The maximum atomic E-state index is 12.5. The van der Waals surface area contributed by atoms with Gasteiger partial charge in [0.25, 0.3) is 5.91 Å². The van der Waals surface area contributed by atoms with Crippen LogP contribution in [0.15, 0.2) is 0 Å². The van der Waals surface area contributed by atoms with Crippen LogP contribution in [0, 0.1) is 6.92 Å². The molecule has 1 rings (SSSR count). The summed E-state index contributed by atoms with van der Waals surface area (Å²) in [5, 5.41) is 4.31. The second-order valence-corrected chi connectivity index (χ2v) is 8.21. The fourth-order valence-corrected chi connectivity index (χ4v) is 4.49. The van der Waals surface area contributed by atoms with E-state index in [1.54, 1.807) is 21.0 Å². The largest absolute Gasteiger partial charge is 0.465 e. The van der Waals surface area contributed by atoms with Gasteiger partial charge in [0.15, 0.2) is 5.11 Å². The summed E-state index contributed by atoms with van der Waals surface area (Å²) in [6.45, 7) is 10.2. The minimum Gasteiger partial charge on any atom is -0.465 e. The molecule has 0 aliphatic rings. The molecular formula is C19H31N3O3S2. The lowest BCUT2D eigenvalue weighted by molar-refractivity contribution is 0.0601. The lowest BCUT2D eigenvalue weighted by Gasteiger charge is -2.36.